The number of nitrogens with zero attached hydrogens (tertiary/aromatic N) is 3. The first-order valence-electron chi connectivity index (χ1n) is 13.1. The maximum atomic E-state index is 14.4. The fraction of sp³-hybridized carbons (Fsp3) is 0.552. The number of hydrogen-bond acceptors (Lipinski definition) is 4. The van der Waals surface area contributed by atoms with E-state index in [9.17, 15) is 4.39 Å². The normalized spacial score (nSPS) is 22.3. The van der Waals surface area contributed by atoms with Crippen molar-refractivity contribution >= 4 is 11.0 Å². The lowest BCUT2D eigenvalue weighted by Crippen LogP contribution is -2.53. The Labute approximate surface area is 208 Å². The van der Waals surface area contributed by atoms with Crippen molar-refractivity contribution in [3.05, 3.63) is 47.3 Å². The molecule has 2 saturated heterocycles. The van der Waals surface area contributed by atoms with Gasteiger partial charge < -0.3 is 14.6 Å². The second-order valence-corrected chi connectivity index (χ2v) is 10.8. The molecule has 0 saturated carbocycles. The summed E-state index contributed by atoms with van der Waals surface area (Å²) in [5, 5.41) is 3.52. The Balaban J connectivity index is 1.45. The number of aryl methyl sites for hydroxylation is 2. The molecule has 2 aliphatic rings. The second-order valence-electron chi connectivity index (χ2n) is 10.8. The van der Waals surface area contributed by atoms with E-state index in [0.717, 1.165) is 41.6 Å². The van der Waals surface area contributed by atoms with E-state index in [1.165, 1.54) is 56.5 Å². The number of imidazole rings is 1. The van der Waals surface area contributed by atoms with Gasteiger partial charge in [-0.25, -0.2) is 9.37 Å². The van der Waals surface area contributed by atoms with Gasteiger partial charge in [-0.15, -0.1) is 0 Å². The molecule has 1 aromatic heterocycles. The van der Waals surface area contributed by atoms with Crippen molar-refractivity contribution in [2.45, 2.75) is 64.5 Å². The molecule has 3 heterocycles. The van der Waals surface area contributed by atoms with E-state index in [2.05, 4.69) is 47.7 Å². The summed E-state index contributed by atoms with van der Waals surface area (Å²) in [6, 6.07) is 11.1. The van der Waals surface area contributed by atoms with Crippen molar-refractivity contribution in [3.63, 3.8) is 0 Å². The van der Waals surface area contributed by atoms with E-state index >= 15 is 0 Å². The zero-order valence-electron chi connectivity index (χ0n) is 21.8. The van der Waals surface area contributed by atoms with E-state index in [4.69, 9.17) is 9.72 Å². The van der Waals surface area contributed by atoms with Gasteiger partial charge >= 0.3 is 0 Å². The predicted molar refractivity (Wildman–Crippen MR) is 141 cm³/mol. The molecule has 0 radical (unpaired) electrons. The van der Waals surface area contributed by atoms with Gasteiger partial charge in [-0.1, -0.05) is 19.9 Å². The lowest BCUT2D eigenvalue weighted by molar-refractivity contribution is 0.0431. The van der Waals surface area contributed by atoms with Crippen LogP contribution in [0.3, 0.4) is 0 Å². The molecule has 1 N–H and O–H groups in total. The Morgan fingerprint density at radius 3 is 2.57 bits per heavy atom. The van der Waals surface area contributed by atoms with Crippen LogP contribution < -0.4 is 10.1 Å². The summed E-state index contributed by atoms with van der Waals surface area (Å²) in [7, 11) is 3.52. The number of aromatic nitrogens is 2. The van der Waals surface area contributed by atoms with Gasteiger partial charge in [0.25, 0.3) is 0 Å². The molecule has 2 atom stereocenters. The summed E-state index contributed by atoms with van der Waals surface area (Å²) < 4.78 is 21.6. The van der Waals surface area contributed by atoms with Crippen LogP contribution in [0.25, 0.3) is 22.4 Å². The third-order valence-corrected chi connectivity index (χ3v) is 8.32. The average molecular weight is 479 g/mol. The molecule has 0 spiro atoms. The van der Waals surface area contributed by atoms with Crippen LogP contribution in [0.5, 0.6) is 5.75 Å². The zero-order chi connectivity index (χ0) is 24.7. The fourth-order valence-corrected chi connectivity index (χ4v) is 6.35. The van der Waals surface area contributed by atoms with Crippen LogP contribution in [-0.2, 0) is 7.05 Å². The van der Waals surface area contributed by atoms with Crippen LogP contribution in [0, 0.1) is 18.7 Å². The van der Waals surface area contributed by atoms with Crippen LogP contribution in [0.4, 0.5) is 4.39 Å². The number of halogens is 1. The minimum absolute atomic E-state index is 0.251. The first kappa shape index (κ1) is 24.3. The quantitative estimate of drug-likeness (QED) is 0.514. The predicted octanol–water partition coefficient (Wildman–Crippen LogP) is 5.65. The number of piperidine rings is 2. The maximum absolute atomic E-state index is 14.4. The van der Waals surface area contributed by atoms with Crippen molar-refractivity contribution in [2.24, 2.45) is 13.0 Å². The molecule has 2 fully saturated rings. The lowest BCUT2D eigenvalue weighted by Gasteiger charge is -2.47. The number of benzene rings is 2. The number of rotatable bonds is 5. The van der Waals surface area contributed by atoms with Gasteiger partial charge in [0.2, 0.25) is 0 Å². The molecule has 2 aromatic carbocycles. The summed E-state index contributed by atoms with van der Waals surface area (Å²) in [5.74, 6) is 1.87. The van der Waals surface area contributed by atoms with Crippen LogP contribution in [0.15, 0.2) is 30.3 Å². The Hall–Kier alpha value is -2.44. The Kier molecular flexibility index (Phi) is 6.86. The van der Waals surface area contributed by atoms with Gasteiger partial charge in [0.1, 0.15) is 5.82 Å². The summed E-state index contributed by atoms with van der Waals surface area (Å²) in [5.41, 5.74) is 5.48. The topological polar surface area (TPSA) is 42.3 Å². The molecule has 0 amide bonds. The van der Waals surface area contributed by atoms with E-state index in [1.54, 1.807) is 6.07 Å². The minimum Gasteiger partial charge on any atom is -0.494 e. The number of ether oxygens (including phenoxy) is 1. The summed E-state index contributed by atoms with van der Waals surface area (Å²) in [6.07, 6.45) is 4.94. The van der Waals surface area contributed by atoms with E-state index in [0.29, 0.717) is 17.9 Å². The first-order valence-corrected chi connectivity index (χ1v) is 13.1. The van der Waals surface area contributed by atoms with Crippen LogP contribution in [-0.4, -0.2) is 53.3 Å². The van der Waals surface area contributed by atoms with Gasteiger partial charge in [-0.2, -0.15) is 0 Å². The molecule has 2 aliphatic heterocycles. The first-order chi connectivity index (χ1) is 16.9. The van der Waals surface area contributed by atoms with Crippen LogP contribution in [0.1, 0.15) is 56.6 Å². The van der Waals surface area contributed by atoms with Gasteiger partial charge in [0, 0.05) is 24.7 Å². The Morgan fingerprint density at radius 1 is 1.11 bits per heavy atom. The van der Waals surface area contributed by atoms with Gasteiger partial charge in [0.05, 0.1) is 18.1 Å². The van der Waals surface area contributed by atoms with Gasteiger partial charge in [-0.3, -0.25) is 4.90 Å². The molecular weight excluding hydrogens is 439 g/mol. The largest absolute Gasteiger partial charge is 0.494 e. The fourth-order valence-electron chi connectivity index (χ4n) is 6.35. The molecule has 6 heteroatoms. The number of methoxy groups -OCH3 is 1. The van der Waals surface area contributed by atoms with Crippen molar-refractivity contribution in [2.75, 3.05) is 26.7 Å². The highest BCUT2D eigenvalue weighted by molar-refractivity contribution is 5.84. The third kappa shape index (κ3) is 4.58. The third-order valence-electron chi connectivity index (χ3n) is 8.32. The van der Waals surface area contributed by atoms with Gasteiger partial charge in [0.15, 0.2) is 11.6 Å². The van der Waals surface area contributed by atoms with E-state index < -0.39 is 0 Å². The SMILES string of the molecule is COc1ccc(-c2nc3c(C)cc(C4CCN(C5CCNCC5)[C@@H](C(C)C)C4)cc3n2C)cc1F. The highest BCUT2D eigenvalue weighted by Crippen LogP contribution is 2.39. The van der Waals surface area contributed by atoms with Crippen molar-refractivity contribution in [1.29, 1.82) is 0 Å². The van der Waals surface area contributed by atoms with E-state index in [1.807, 2.05) is 13.1 Å². The van der Waals surface area contributed by atoms with Crippen LogP contribution >= 0.6 is 0 Å². The van der Waals surface area contributed by atoms with E-state index in [-0.39, 0.29) is 11.6 Å². The van der Waals surface area contributed by atoms with Crippen molar-refractivity contribution in [1.82, 2.24) is 19.8 Å². The summed E-state index contributed by atoms with van der Waals surface area (Å²) in [4.78, 5) is 7.75. The standard InChI is InChI=1S/C29H39FN4O/c1-18(2)25-16-20(10-13-34(25)23-8-11-31-12-9-23)22-14-19(3)28-26(17-22)33(4)29(32-28)21-6-7-27(35-5)24(30)15-21/h6-7,14-15,17-18,20,23,25,31H,8-13,16H2,1-5H3/t20?,25-/m1/s1. The molecule has 0 aliphatic carbocycles. The molecule has 5 nitrogen and oxygen atoms in total. The van der Waals surface area contributed by atoms with Crippen LogP contribution in [0.2, 0.25) is 0 Å². The lowest BCUT2D eigenvalue weighted by atomic mass is 9.79. The number of nitrogens with one attached hydrogen (secondary N) is 1. The van der Waals surface area contributed by atoms with Crippen molar-refractivity contribution < 1.29 is 9.13 Å². The summed E-state index contributed by atoms with van der Waals surface area (Å²) >= 11 is 0. The molecule has 188 valence electrons. The van der Waals surface area contributed by atoms with Gasteiger partial charge in [-0.05, 0) is 99.5 Å². The highest BCUT2D eigenvalue weighted by atomic mass is 19.1. The molecular formula is C29H39FN4O. The molecule has 3 aromatic rings. The zero-order valence-corrected chi connectivity index (χ0v) is 21.8. The highest BCUT2D eigenvalue weighted by Gasteiger charge is 2.35. The monoisotopic (exact) mass is 478 g/mol. The minimum atomic E-state index is -0.366. The summed E-state index contributed by atoms with van der Waals surface area (Å²) in [6.45, 7) is 10.4. The molecule has 35 heavy (non-hydrogen) atoms. The average Bonchev–Trinajstić information content (AvgIpc) is 3.21. The smallest absolute Gasteiger partial charge is 0.165 e. The Bertz CT molecular complexity index is 1200. The number of hydrogen-bond donors (Lipinski definition) is 1. The second kappa shape index (κ2) is 9.90. The molecule has 1 unspecified atom stereocenters. The number of fused-ring (bicyclic) bond motifs is 1. The van der Waals surface area contributed by atoms with Crippen molar-refractivity contribution in [3.8, 4) is 17.1 Å². The maximum Gasteiger partial charge on any atom is 0.165 e. The molecule has 5 rings (SSSR count). The number of likely N-dealkylation sites (tertiary alicyclic amines) is 1. The Morgan fingerprint density at radius 2 is 1.89 bits per heavy atom. The molecule has 0 bridgehead atoms.